The molecule has 2 aromatic carbocycles. The Bertz CT molecular complexity index is 1290. The molecule has 2 N–H and O–H groups in total. The smallest absolute Gasteiger partial charge is 0.307 e. The summed E-state index contributed by atoms with van der Waals surface area (Å²) in [5.74, 6) is 1.10. The molecule has 2 aromatic heterocycles. The molecule has 0 saturated heterocycles. The van der Waals surface area contributed by atoms with Gasteiger partial charge in [0.1, 0.15) is 23.9 Å². The zero-order chi connectivity index (χ0) is 23.4. The van der Waals surface area contributed by atoms with Crippen molar-refractivity contribution in [3.8, 4) is 17.2 Å². The summed E-state index contributed by atoms with van der Waals surface area (Å²) in [6.45, 7) is 4.34. The summed E-state index contributed by atoms with van der Waals surface area (Å²) in [7, 11) is 0. The second kappa shape index (κ2) is 9.95. The van der Waals surface area contributed by atoms with Gasteiger partial charge in [0.25, 0.3) is 0 Å². The van der Waals surface area contributed by atoms with Gasteiger partial charge in [0.15, 0.2) is 5.76 Å². The maximum Gasteiger partial charge on any atom is 0.307 e. The molecule has 168 valence electrons. The van der Waals surface area contributed by atoms with E-state index in [1.807, 2.05) is 46.9 Å². The van der Waals surface area contributed by atoms with Gasteiger partial charge in [-0.3, -0.25) is 4.79 Å². The average molecular weight is 555 g/mol. The number of carbonyl (C=O) groups is 1. The summed E-state index contributed by atoms with van der Waals surface area (Å²) >= 11 is 2.02. The SMILES string of the molecule is Cc1ccc(C)n1-c1ccc(OCc2ccc(C(=O)N/N=C/c3ccc(O)c(I)c3)o2)cc1. The molecule has 0 unspecified atom stereocenters. The Labute approximate surface area is 204 Å². The third-order valence-corrected chi connectivity index (χ3v) is 5.85. The highest BCUT2D eigenvalue weighted by Gasteiger charge is 2.11. The fraction of sp³-hybridized carbons (Fsp3) is 0.120. The van der Waals surface area contributed by atoms with Gasteiger partial charge in [0.2, 0.25) is 0 Å². The van der Waals surface area contributed by atoms with Crippen molar-refractivity contribution in [2.24, 2.45) is 5.10 Å². The van der Waals surface area contributed by atoms with E-state index in [0.717, 1.165) is 11.3 Å². The Morgan fingerprint density at radius 1 is 1.09 bits per heavy atom. The van der Waals surface area contributed by atoms with E-state index in [1.54, 1.807) is 30.3 Å². The van der Waals surface area contributed by atoms with Crippen LogP contribution in [0.15, 0.2) is 76.2 Å². The van der Waals surface area contributed by atoms with E-state index in [1.165, 1.54) is 17.6 Å². The number of aromatic nitrogens is 1. The van der Waals surface area contributed by atoms with Crippen LogP contribution in [0.25, 0.3) is 5.69 Å². The summed E-state index contributed by atoms with van der Waals surface area (Å²) in [5.41, 5.74) is 6.59. The fourth-order valence-electron chi connectivity index (χ4n) is 3.32. The Morgan fingerprint density at radius 2 is 1.82 bits per heavy atom. The van der Waals surface area contributed by atoms with E-state index in [4.69, 9.17) is 9.15 Å². The lowest BCUT2D eigenvalue weighted by atomic mass is 10.2. The second-order valence-electron chi connectivity index (χ2n) is 7.41. The minimum absolute atomic E-state index is 0.139. The van der Waals surface area contributed by atoms with E-state index in [2.05, 4.69) is 41.1 Å². The molecule has 0 spiro atoms. The van der Waals surface area contributed by atoms with Crippen molar-refractivity contribution in [1.82, 2.24) is 9.99 Å². The first kappa shape index (κ1) is 22.7. The maximum absolute atomic E-state index is 12.2. The summed E-state index contributed by atoms with van der Waals surface area (Å²) in [6.07, 6.45) is 1.49. The van der Waals surface area contributed by atoms with Crippen LogP contribution in [0.1, 0.15) is 33.3 Å². The molecule has 0 bridgehead atoms. The van der Waals surface area contributed by atoms with Crippen molar-refractivity contribution in [3.05, 3.63) is 98.8 Å². The Balaban J connectivity index is 1.31. The van der Waals surface area contributed by atoms with E-state index >= 15 is 0 Å². The zero-order valence-electron chi connectivity index (χ0n) is 18.1. The summed E-state index contributed by atoms with van der Waals surface area (Å²) in [6, 6.07) is 20.3. The van der Waals surface area contributed by atoms with E-state index in [-0.39, 0.29) is 18.1 Å². The number of rotatable bonds is 7. The molecular formula is C25H22IN3O4. The van der Waals surface area contributed by atoms with Crippen molar-refractivity contribution in [1.29, 1.82) is 0 Å². The molecule has 0 aliphatic rings. The molecule has 4 rings (SSSR count). The first-order valence-electron chi connectivity index (χ1n) is 10.2. The molecule has 0 fully saturated rings. The minimum atomic E-state index is -0.465. The Kier molecular flexibility index (Phi) is 6.83. The number of hydrogen-bond acceptors (Lipinski definition) is 5. The van der Waals surface area contributed by atoms with Crippen LogP contribution in [0.5, 0.6) is 11.5 Å². The normalized spacial score (nSPS) is 11.1. The third kappa shape index (κ3) is 5.46. The minimum Gasteiger partial charge on any atom is -0.507 e. The number of hydrazone groups is 1. The van der Waals surface area contributed by atoms with Crippen LogP contribution in [0.4, 0.5) is 0 Å². The number of carbonyl (C=O) groups excluding carboxylic acids is 1. The van der Waals surface area contributed by atoms with Crippen LogP contribution in [0.2, 0.25) is 0 Å². The van der Waals surface area contributed by atoms with E-state index < -0.39 is 5.91 Å². The highest BCUT2D eigenvalue weighted by atomic mass is 127. The molecule has 1 amide bonds. The van der Waals surface area contributed by atoms with Gasteiger partial charge in [0, 0.05) is 17.1 Å². The molecule has 8 heteroatoms. The van der Waals surface area contributed by atoms with Gasteiger partial charge in [-0.15, -0.1) is 0 Å². The summed E-state index contributed by atoms with van der Waals surface area (Å²) in [5, 5.41) is 13.5. The Hall–Kier alpha value is -3.53. The van der Waals surface area contributed by atoms with Crippen LogP contribution in [-0.2, 0) is 6.61 Å². The molecule has 7 nitrogen and oxygen atoms in total. The number of benzene rings is 2. The molecular weight excluding hydrogens is 533 g/mol. The van der Waals surface area contributed by atoms with E-state index in [0.29, 0.717) is 15.1 Å². The van der Waals surface area contributed by atoms with Gasteiger partial charge >= 0.3 is 5.91 Å². The molecule has 0 aliphatic carbocycles. The number of hydrogen-bond donors (Lipinski definition) is 2. The van der Waals surface area contributed by atoms with Crippen LogP contribution in [0.3, 0.4) is 0 Å². The molecule has 0 radical (unpaired) electrons. The molecule has 2 heterocycles. The fourth-order valence-corrected chi connectivity index (χ4v) is 3.86. The number of aromatic hydroxyl groups is 1. The summed E-state index contributed by atoms with van der Waals surface area (Å²) < 4.78 is 14.2. The second-order valence-corrected chi connectivity index (χ2v) is 8.57. The van der Waals surface area contributed by atoms with Crippen LogP contribution < -0.4 is 10.2 Å². The van der Waals surface area contributed by atoms with Crippen molar-refractivity contribution in [2.45, 2.75) is 20.5 Å². The zero-order valence-corrected chi connectivity index (χ0v) is 20.2. The van der Waals surface area contributed by atoms with Gasteiger partial charge in [-0.2, -0.15) is 5.10 Å². The number of aryl methyl sites for hydroxylation is 2. The molecule has 0 atom stereocenters. The van der Waals surface area contributed by atoms with Crippen molar-refractivity contribution in [2.75, 3.05) is 0 Å². The number of phenols is 1. The first-order chi connectivity index (χ1) is 15.9. The van der Waals surface area contributed by atoms with Crippen LogP contribution >= 0.6 is 22.6 Å². The number of ether oxygens (including phenoxy) is 1. The van der Waals surface area contributed by atoms with Gasteiger partial charge in [-0.25, -0.2) is 5.43 Å². The Morgan fingerprint density at radius 3 is 2.52 bits per heavy atom. The average Bonchev–Trinajstić information content (AvgIpc) is 3.41. The lowest BCUT2D eigenvalue weighted by Gasteiger charge is -2.10. The van der Waals surface area contributed by atoms with Gasteiger partial charge in [0.05, 0.1) is 9.78 Å². The van der Waals surface area contributed by atoms with Gasteiger partial charge in [-0.1, -0.05) is 0 Å². The van der Waals surface area contributed by atoms with Crippen molar-refractivity contribution >= 4 is 34.7 Å². The highest BCUT2D eigenvalue weighted by Crippen LogP contribution is 2.21. The summed E-state index contributed by atoms with van der Waals surface area (Å²) in [4.78, 5) is 12.2. The van der Waals surface area contributed by atoms with Crippen molar-refractivity contribution in [3.63, 3.8) is 0 Å². The predicted molar refractivity (Wildman–Crippen MR) is 134 cm³/mol. The molecule has 0 saturated carbocycles. The van der Waals surface area contributed by atoms with Crippen LogP contribution in [0, 0.1) is 17.4 Å². The van der Waals surface area contributed by atoms with E-state index in [9.17, 15) is 9.90 Å². The number of furan rings is 1. The number of halogens is 1. The van der Waals surface area contributed by atoms with Crippen LogP contribution in [-0.4, -0.2) is 21.8 Å². The third-order valence-electron chi connectivity index (χ3n) is 4.98. The molecule has 4 aromatic rings. The molecule has 33 heavy (non-hydrogen) atoms. The lowest BCUT2D eigenvalue weighted by molar-refractivity contribution is 0.0923. The number of nitrogens with one attached hydrogen (secondary N) is 1. The van der Waals surface area contributed by atoms with Gasteiger partial charge < -0.3 is 18.8 Å². The molecule has 0 aliphatic heterocycles. The highest BCUT2D eigenvalue weighted by molar-refractivity contribution is 14.1. The quantitative estimate of drug-likeness (QED) is 0.183. The number of phenolic OH excluding ortho intramolecular Hbond substituents is 1. The largest absolute Gasteiger partial charge is 0.507 e. The number of amides is 1. The maximum atomic E-state index is 12.2. The predicted octanol–water partition coefficient (Wildman–Crippen LogP) is 5.34. The standard InChI is InChI=1S/C25H22IN3O4/c1-16-3-4-17(2)29(16)19-6-8-20(9-7-19)32-15-21-10-12-24(33-21)25(31)28-27-14-18-5-11-23(30)22(26)13-18/h3-14,30H,15H2,1-2H3,(H,28,31)/b27-14+. The first-order valence-corrected chi connectivity index (χ1v) is 11.3. The topological polar surface area (TPSA) is 89.0 Å². The van der Waals surface area contributed by atoms with Gasteiger partial charge in [-0.05, 0) is 109 Å². The monoisotopic (exact) mass is 555 g/mol. The lowest BCUT2D eigenvalue weighted by Crippen LogP contribution is -2.16. The number of nitrogens with zero attached hydrogens (tertiary/aromatic N) is 2. The van der Waals surface area contributed by atoms with Crippen molar-refractivity contribution < 1.29 is 19.1 Å².